The van der Waals surface area contributed by atoms with Gasteiger partial charge in [0.1, 0.15) is 0 Å². The number of Topliss-reactive ketones (excluding diaryl/α,β-unsaturated/α-hetero) is 2. The van der Waals surface area contributed by atoms with Crippen LogP contribution in [0.1, 0.15) is 43.7 Å². The van der Waals surface area contributed by atoms with Gasteiger partial charge in [0.25, 0.3) is 0 Å². The molecule has 2 aromatic carbocycles. The third-order valence-electron chi connectivity index (χ3n) is 5.32. The van der Waals surface area contributed by atoms with E-state index in [2.05, 4.69) is 0 Å². The van der Waals surface area contributed by atoms with Gasteiger partial charge in [0.2, 0.25) is 0 Å². The van der Waals surface area contributed by atoms with Crippen LogP contribution in [0.4, 0.5) is 0 Å². The minimum Gasteiger partial charge on any atom is -0.453 e. The highest BCUT2D eigenvalue weighted by molar-refractivity contribution is 7.99. The normalized spacial score (nSPS) is 21.4. The number of fused-ring (bicyclic) bond motifs is 2. The molecule has 2 heterocycles. The number of ether oxygens (including phenoxy) is 1. The summed E-state index contributed by atoms with van der Waals surface area (Å²) in [6, 6.07) is 16.0. The van der Waals surface area contributed by atoms with Crippen LogP contribution in [0.15, 0.2) is 58.3 Å². The number of hydrogen-bond donors (Lipinski definition) is 0. The summed E-state index contributed by atoms with van der Waals surface area (Å²) in [6.45, 7) is 3.92. The highest BCUT2D eigenvalue weighted by Crippen LogP contribution is 2.47. The summed E-state index contributed by atoms with van der Waals surface area (Å²) in [5.74, 6) is -2.64. The van der Waals surface area contributed by atoms with Crippen molar-refractivity contribution in [2.45, 2.75) is 48.5 Å². The number of hydrogen-bond acceptors (Lipinski definition) is 5. The van der Waals surface area contributed by atoms with Gasteiger partial charge in [-0.2, -0.15) is 0 Å². The average Bonchev–Trinajstić information content (AvgIpc) is 2.94. The zero-order valence-electron chi connectivity index (χ0n) is 15.9. The molecule has 1 saturated heterocycles. The first-order valence-electron chi connectivity index (χ1n) is 9.58. The molecule has 5 heteroatoms. The van der Waals surface area contributed by atoms with Gasteiger partial charge in [-0.05, 0) is 35.6 Å². The van der Waals surface area contributed by atoms with E-state index in [4.69, 9.17) is 4.74 Å². The SMILES string of the molecule is CC(C)CC1OC(=O)C(C(=O)CC2c3ccccc3Sc3ccccc32)C1=O. The first kappa shape index (κ1) is 18.9. The van der Waals surface area contributed by atoms with Gasteiger partial charge in [-0.1, -0.05) is 62.0 Å². The Balaban J connectivity index is 1.62. The van der Waals surface area contributed by atoms with E-state index < -0.39 is 18.0 Å². The van der Waals surface area contributed by atoms with Crippen LogP contribution in [0.5, 0.6) is 0 Å². The van der Waals surface area contributed by atoms with Crippen LogP contribution in [0.3, 0.4) is 0 Å². The summed E-state index contributed by atoms with van der Waals surface area (Å²) >= 11 is 1.68. The molecule has 2 aliphatic heterocycles. The van der Waals surface area contributed by atoms with Crippen molar-refractivity contribution in [1.29, 1.82) is 0 Å². The van der Waals surface area contributed by atoms with Crippen molar-refractivity contribution in [1.82, 2.24) is 0 Å². The molecule has 4 nitrogen and oxygen atoms in total. The summed E-state index contributed by atoms with van der Waals surface area (Å²) in [5.41, 5.74) is 2.13. The Labute approximate surface area is 168 Å². The Morgan fingerprint density at radius 1 is 1.00 bits per heavy atom. The Bertz CT molecular complexity index is 904. The number of cyclic esters (lactones) is 1. The maximum atomic E-state index is 13.1. The topological polar surface area (TPSA) is 60.4 Å². The van der Waals surface area contributed by atoms with Crippen LogP contribution in [0, 0.1) is 11.8 Å². The second-order valence-electron chi connectivity index (χ2n) is 7.79. The Morgan fingerprint density at radius 2 is 1.57 bits per heavy atom. The van der Waals surface area contributed by atoms with Gasteiger partial charge in [0.15, 0.2) is 23.6 Å². The maximum absolute atomic E-state index is 13.1. The number of ketones is 2. The summed E-state index contributed by atoms with van der Waals surface area (Å²) in [5, 5.41) is 0. The molecule has 4 rings (SSSR count). The highest BCUT2D eigenvalue weighted by atomic mass is 32.2. The molecule has 28 heavy (non-hydrogen) atoms. The number of benzene rings is 2. The Kier molecular flexibility index (Phi) is 5.11. The van der Waals surface area contributed by atoms with Gasteiger partial charge in [-0.15, -0.1) is 0 Å². The van der Waals surface area contributed by atoms with E-state index in [1.54, 1.807) is 11.8 Å². The van der Waals surface area contributed by atoms with Crippen molar-refractivity contribution in [3.05, 3.63) is 59.7 Å². The molecule has 2 atom stereocenters. The van der Waals surface area contributed by atoms with Gasteiger partial charge in [-0.3, -0.25) is 14.4 Å². The van der Waals surface area contributed by atoms with Gasteiger partial charge in [0, 0.05) is 22.1 Å². The predicted molar refractivity (Wildman–Crippen MR) is 106 cm³/mol. The standard InChI is InChI=1S/C23H22O4S/c1-13(2)11-18-22(25)21(23(26)27-18)17(24)12-16-14-7-3-5-9-19(14)28-20-10-6-4-8-15(16)20/h3-10,13,16,18,21H,11-12H2,1-2H3. The maximum Gasteiger partial charge on any atom is 0.325 e. The zero-order valence-corrected chi connectivity index (χ0v) is 16.7. The van der Waals surface area contributed by atoms with Crippen molar-refractivity contribution >= 4 is 29.3 Å². The molecule has 0 aromatic heterocycles. The van der Waals surface area contributed by atoms with Gasteiger partial charge in [0.05, 0.1) is 0 Å². The molecular formula is C23H22O4S. The molecule has 0 spiro atoms. The zero-order chi connectivity index (χ0) is 19.8. The van der Waals surface area contributed by atoms with E-state index in [1.165, 1.54) is 0 Å². The smallest absolute Gasteiger partial charge is 0.325 e. The van der Waals surface area contributed by atoms with E-state index in [1.807, 2.05) is 62.4 Å². The molecule has 2 aliphatic rings. The first-order valence-corrected chi connectivity index (χ1v) is 10.4. The lowest BCUT2D eigenvalue weighted by atomic mass is 9.82. The Morgan fingerprint density at radius 3 is 2.14 bits per heavy atom. The van der Waals surface area contributed by atoms with Gasteiger partial charge >= 0.3 is 5.97 Å². The lowest BCUT2D eigenvalue weighted by Gasteiger charge is -2.27. The molecule has 0 N–H and O–H groups in total. The molecule has 0 radical (unpaired) electrons. The Hall–Kier alpha value is -2.40. The van der Waals surface area contributed by atoms with Gasteiger partial charge < -0.3 is 4.74 Å². The van der Waals surface area contributed by atoms with E-state index >= 15 is 0 Å². The number of carbonyl (C=O) groups is 3. The van der Waals surface area contributed by atoms with Crippen LogP contribution in [-0.4, -0.2) is 23.6 Å². The van der Waals surface area contributed by atoms with Crippen molar-refractivity contribution in [2.75, 3.05) is 0 Å². The molecule has 144 valence electrons. The van der Waals surface area contributed by atoms with Crippen molar-refractivity contribution < 1.29 is 19.1 Å². The molecule has 0 aliphatic carbocycles. The minimum atomic E-state index is -1.28. The summed E-state index contributed by atoms with van der Waals surface area (Å²) < 4.78 is 5.23. The third-order valence-corrected chi connectivity index (χ3v) is 6.50. The lowest BCUT2D eigenvalue weighted by Crippen LogP contribution is -2.30. The van der Waals surface area contributed by atoms with E-state index in [0.717, 1.165) is 20.9 Å². The number of esters is 1. The van der Waals surface area contributed by atoms with Crippen LogP contribution in [0.25, 0.3) is 0 Å². The van der Waals surface area contributed by atoms with Crippen molar-refractivity contribution in [3.63, 3.8) is 0 Å². The van der Waals surface area contributed by atoms with Crippen molar-refractivity contribution in [2.24, 2.45) is 11.8 Å². The van der Waals surface area contributed by atoms with Crippen molar-refractivity contribution in [3.8, 4) is 0 Å². The quantitative estimate of drug-likeness (QED) is 0.556. The highest BCUT2D eigenvalue weighted by Gasteiger charge is 2.48. The van der Waals surface area contributed by atoms with Crippen LogP contribution >= 0.6 is 11.8 Å². The van der Waals surface area contributed by atoms with Gasteiger partial charge in [-0.25, -0.2) is 0 Å². The molecule has 2 unspecified atom stereocenters. The first-order chi connectivity index (χ1) is 13.5. The largest absolute Gasteiger partial charge is 0.453 e. The second kappa shape index (κ2) is 7.55. The fourth-order valence-electron chi connectivity index (χ4n) is 4.00. The molecule has 1 fully saturated rings. The summed E-state index contributed by atoms with van der Waals surface area (Å²) in [4.78, 5) is 40.2. The monoisotopic (exact) mass is 394 g/mol. The average molecular weight is 394 g/mol. The number of carbonyl (C=O) groups excluding carboxylic acids is 3. The summed E-state index contributed by atoms with van der Waals surface area (Å²) in [6.07, 6.45) is -0.211. The fraction of sp³-hybridized carbons (Fsp3) is 0.348. The van der Waals surface area contributed by atoms with Crippen LogP contribution < -0.4 is 0 Å². The lowest BCUT2D eigenvalue weighted by molar-refractivity contribution is -0.147. The molecule has 0 saturated carbocycles. The third kappa shape index (κ3) is 3.39. The molecule has 0 bridgehead atoms. The summed E-state index contributed by atoms with van der Waals surface area (Å²) in [7, 11) is 0. The molecular weight excluding hydrogens is 372 g/mol. The van der Waals surface area contributed by atoms with E-state index in [0.29, 0.717) is 6.42 Å². The number of rotatable bonds is 5. The van der Waals surface area contributed by atoms with Crippen LogP contribution in [0.2, 0.25) is 0 Å². The van der Waals surface area contributed by atoms with E-state index in [-0.39, 0.29) is 29.8 Å². The second-order valence-corrected chi connectivity index (χ2v) is 8.87. The fourth-order valence-corrected chi connectivity index (χ4v) is 5.19. The van der Waals surface area contributed by atoms with Crippen LogP contribution in [-0.2, 0) is 19.1 Å². The minimum absolute atomic E-state index is 0.120. The predicted octanol–water partition coefficient (Wildman–Crippen LogP) is 4.40. The molecule has 2 aromatic rings. The van der Waals surface area contributed by atoms with E-state index in [9.17, 15) is 14.4 Å². The molecule has 0 amide bonds.